The van der Waals surface area contributed by atoms with Crippen molar-refractivity contribution >= 4 is 33.4 Å². The summed E-state index contributed by atoms with van der Waals surface area (Å²) in [4.78, 5) is 25.3. The van der Waals surface area contributed by atoms with Gasteiger partial charge in [-0.3, -0.25) is 9.59 Å². The van der Waals surface area contributed by atoms with Gasteiger partial charge in [-0.25, -0.2) is 0 Å². The predicted octanol–water partition coefficient (Wildman–Crippen LogP) is 3.27. The van der Waals surface area contributed by atoms with E-state index in [1.807, 2.05) is 39.0 Å². The molecule has 0 aromatic heterocycles. The lowest BCUT2D eigenvalue weighted by atomic mass is 10.1. The van der Waals surface area contributed by atoms with E-state index in [2.05, 4.69) is 21.2 Å². The molecule has 0 saturated heterocycles. The van der Waals surface area contributed by atoms with Gasteiger partial charge in [-0.05, 0) is 36.6 Å². The Hall–Kier alpha value is -1.36. The van der Waals surface area contributed by atoms with Crippen LogP contribution in [0.5, 0.6) is 0 Å². The van der Waals surface area contributed by atoms with Crippen LogP contribution >= 0.6 is 15.9 Å². The summed E-state index contributed by atoms with van der Waals surface area (Å²) in [6.45, 7) is 8.63. The average Bonchev–Trinajstić information content (AvgIpc) is 2.38. The third-order valence-electron chi connectivity index (χ3n) is 3.10. The number of carbonyl (C=O) groups excluding carboxylic acids is 2. The Morgan fingerprint density at radius 3 is 2.52 bits per heavy atom. The molecular formula is C16H23BrN2O2. The zero-order valence-electron chi connectivity index (χ0n) is 13.1. The van der Waals surface area contributed by atoms with Crippen LogP contribution in [0.25, 0.3) is 0 Å². The molecule has 0 unspecified atom stereocenters. The van der Waals surface area contributed by atoms with Crippen molar-refractivity contribution in [2.24, 2.45) is 5.92 Å². The monoisotopic (exact) mass is 354 g/mol. The molecule has 0 aliphatic rings. The SMILES string of the molecule is CC(=O)N(CCC(=O)NCC(C)C)c1ccc(Br)cc1C. The maximum atomic E-state index is 11.8. The van der Waals surface area contributed by atoms with Gasteiger partial charge in [-0.1, -0.05) is 29.8 Å². The summed E-state index contributed by atoms with van der Waals surface area (Å²) in [5.41, 5.74) is 1.85. The van der Waals surface area contributed by atoms with Crippen molar-refractivity contribution < 1.29 is 9.59 Å². The van der Waals surface area contributed by atoms with Gasteiger partial charge in [0, 0.05) is 36.6 Å². The summed E-state index contributed by atoms with van der Waals surface area (Å²) in [5, 5.41) is 2.87. The van der Waals surface area contributed by atoms with Gasteiger partial charge >= 0.3 is 0 Å². The Morgan fingerprint density at radius 2 is 2.00 bits per heavy atom. The first kappa shape index (κ1) is 17.7. The van der Waals surface area contributed by atoms with Crippen molar-refractivity contribution in [3.63, 3.8) is 0 Å². The van der Waals surface area contributed by atoms with E-state index in [1.165, 1.54) is 6.92 Å². The minimum Gasteiger partial charge on any atom is -0.356 e. The largest absolute Gasteiger partial charge is 0.356 e. The van der Waals surface area contributed by atoms with Crippen LogP contribution in [0.4, 0.5) is 5.69 Å². The Kier molecular flexibility index (Phi) is 6.89. The van der Waals surface area contributed by atoms with Gasteiger partial charge in [0.05, 0.1) is 0 Å². The van der Waals surface area contributed by atoms with Crippen LogP contribution in [0.2, 0.25) is 0 Å². The molecule has 116 valence electrons. The van der Waals surface area contributed by atoms with Crippen molar-refractivity contribution in [1.82, 2.24) is 5.32 Å². The summed E-state index contributed by atoms with van der Waals surface area (Å²) >= 11 is 3.41. The Morgan fingerprint density at radius 1 is 1.33 bits per heavy atom. The average molecular weight is 355 g/mol. The minimum atomic E-state index is -0.0583. The van der Waals surface area contributed by atoms with Crippen molar-refractivity contribution in [3.8, 4) is 0 Å². The zero-order valence-corrected chi connectivity index (χ0v) is 14.7. The van der Waals surface area contributed by atoms with Crippen molar-refractivity contribution in [2.45, 2.75) is 34.1 Å². The number of hydrogen-bond acceptors (Lipinski definition) is 2. The number of halogens is 1. The van der Waals surface area contributed by atoms with E-state index in [4.69, 9.17) is 0 Å². The number of aryl methyl sites for hydroxylation is 1. The Balaban J connectivity index is 2.71. The fourth-order valence-electron chi connectivity index (χ4n) is 1.99. The normalized spacial score (nSPS) is 10.6. The highest BCUT2D eigenvalue weighted by Crippen LogP contribution is 2.24. The van der Waals surface area contributed by atoms with E-state index in [1.54, 1.807) is 4.90 Å². The fourth-order valence-corrected chi connectivity index (χ4v) is 2.46. The van der Waals surface area contributed by atoms with Gasteiger partial charge in [-0.2, -0.15) is 0 Å². The first-order valence-corrected chi connectivity index (χ1v) is 7.91. The second-order valence-corrected chi connectivity index (χ2v) is 6.47. The Bertz CT molecular complexity index is 515. The molecule has 1 rings (SSSR count). The molecule has 4 nitrogen and oxygen atoms in total. The van der Waals surface area contributed by atoms with Crippen LogP contribution < -0.4 is 10.2 Å². The van der Waals surface area contributed by atoms with Gasteiger partial charge < -0.3 is 10.2 Å². The quantitative estimate of drug-likeness (QED) is 0.852. The van der Waals surface area contributed by atoms with Crippen LogP contribution in [0.3, 0.4) is 0 Å². The lowest BCUT2D eigenvalue weighted by Gasteiger charge is -2.23. The standard InChI is InChI=1S/C16H23BrN2O2/c1-11(2)10-18-16(21)7-8-19(13(4)20)15-6-5-14(17)9-12(15)3/h5-6,9,11H,7-8,10H2,1-4H3,(H,18,21). The number of carbonyl (C=O) groups is 2. The molecule has 0 bridgehead atoms. The maximum absolute atomic E-state index is 11.8. The molecule has 0 spiro atoms. The number of hydrogen-bond donors (Lipinski definition) is 1. The molecule has 0 fully saturated rings. The molecule has 0 atom stereocenters. The Labute approximate surface area is 135 Å². The highest BCUT2D eigenvalue weighted by Gasteiger charge is 2.15. The minimum absolute atomic E-state index is 0.0234. The summed E-state index contributed by atoms with van der Waals surface area (Å²) in [6.07, 6.45) is 0.307. The summed E-state index contributed by atoms with van der Waals surface area (Å²) in [6, 6.07) is 5.76. The highest BCUT2D eigenvalue weighted by molar-refractivity contribution is 9.10. The predicted molar refractivity (Wildman–Crippen MR) is 89.4 cm³/mol. The van der Waals surface area contributed by atoms with E-state index >= 15 is 0 Å². The van der Waals surface area contributed by atoms with Crippen LogP contribution in [0.1, 0.15) is 32.8 Å². The molecule has 5 heteroatoms. The molecular weight excluding hydrogens is 332 g/mol. The second-order valence-electron chi connectivity index (χ2n) is 5.55. The molecule has 0 saturated carbocycles. The zero-order chi connectivity index (χ0) is 16.0. The van der Waals surface area contributed by atoms with Gasteiger partial charge in [0.15, 0.2) is 0 Å². The van der Waals surface area contributed by atoms with E-state index < -0.39 is 0 Å². The number of benzene rings is 1. The van der Waals surface area contributed by atoms with Gasteiger partial charge in [0.25, 0.3) is 0 Å². The van der Waals surface area contributed by atoms with Gasteiger partial charge in [0.1, 0.15) is 0 Å². The number of nitrogens with zero attached hydrogens (tertiary/aromatic N) is 1. The van der Waals surface area contributed by atoms with Crippen LogP contribution in [-0.2, 0) is 9.59 Å². The second kappa shape index (κ2) is 8.17. The first-order valence-electron chi connectivity index (χ1n) is 7.12. The van der Waals surface area contributed by atoms with Crippen LogP contribution in [0.15, 0.2) is 22.7 Å². The lowest BCUT2D eigenvalue weighted by molar-refractivity contribution is -0.121. The summed E-state index contributed by atoms with van der Waals surface area (Å²) < 4.78 is 0.974. The molecule has 0 radical (unpaired) electrons. The number of amides is 2. The maximum Gasteiger partial charge on any atom is 0.223 e. The molecule has 0 heterocycles. The molecule has 1 N–H and O–H groups in total. The van der Waals surface area contributed by atoms with Crippen molar-refractivity contribution in [3.05, 3.63) is 28.2 Å². The molecule has 1 aromatic rings. The number of nitrogens with one attached hydrogen (secondary N) is 1. The number of rotatable bonds is 6. The van der Waals surface area contributed by atoms with E-state index in [9.17, 15) is 9.59 Å². The van der Waals surface area contributed by atoms with Crippen LogP contribution in [-0.4, -0.2) is 24.9 Å². The topological polar surface area (TPSA) is 49.4 Å². The highest BCUT2D eigenvalue weighted by atomic mass is 79.9. The molecule has 0 aliphatic heterocycles. The first-order chi connectivity index (χ1) is 9.81. The third kappa shape index (κ3) is 5.87. The molecule has 1 aromatic carbocycles. The molecule has 2 amide bonds. The van der Waals surface area contributed by atoms with Crippen molar-refractivity contribution in [2.75, 3.05) is 18.0 Å². The fraction of sp³-hybridized carbons (Fsp3) is 0.500. The van der Waals surface area contributed by atoms with Crippen molar-refractivity contribution in [1.29, 1.82) is 0 Å². The molecule has 21 heavy (non-hydrogen) atoms. The summed E-state index contributed by atoms with van der Waals surface area (Å²) in [7, 11) is 0. The smallest absolute Gasteiger partial charge is 0.223 e. The third-order valence-corrected chi connectivity index (χ3v) is 3.59. The van der Waals surface area contributed by atoms with E-state index in [0.717, 1.165) is 15.7 Å². The van der Waals surface area contributed by atoms with Gasteiger partial charge in [0.2, 0.25) is 11.8 Å². The molecule has 0 aliphatic carbocycles. The number of anilines is 1. The van der Waals surface area contributed by atoms with Crippen LogP contribution in [0, 0.1) is 12.8 Å². The summed E-state index contributed by atoms with van der Waals surface area (Å²) in [5.74, 6) is 0.341. The van der Waals surface area contributed by atoms with Gasteiger partial charge in [-0.15, -0.1) is 0 Å². The van der Waals surface area contributed by atoms with E-state index in [0.29, 0.717) is 25.4 Å². The lowest BCUT2D eigenvalue weighted by Crippen LogP contribution is -2.35. The van der Waals surface area contributed by atoms with E-state index in [-0.39, 0.29) is 11.8 Å².